The summed E-state index contributed by atoms with van der Waals surface area (Å²) in [4.78, 5) is 35.8. The molecule has 0 bridgehead atoms. The Bertz CT molecular complexity index is 1920. The van der Waals surface area contributed by atoms with Gasteiger partial charge in [-0.1, -0.05) is 48.0 Å². The van der Waals surface area contributed by atoms with E-state index in [4.69, 9.17) is 20.8 Å². The Kier molecular flexibility index (Phi) is 9.34. The molecule has 12 nitrogen and oxygen atoms in total. The first-order valence-electron chi connectivity index (χ1n) is 14.9. The highest BCUT2D eigenvalue weighted by Crippen LogP contribution is 2.30. The van der Waals surface area contributed by atoms with E-state index in [2.05, 4.69) is 20.0 Å². The summed E-state index contributed by atoms with van der Waals surface area (Å²) in [5, 5.41) is 18.5. The SMILES string of the molecule is Cn1nc2c(=O)n(CC3(O)CCN(Cc4ccc(-c5cnco5)cc4Cl)CC3)cnc2c1-c1ccc(COC(=O)NCC(F)F)cc1. The molecular formula is C32H32ClF2N7O5. The van der Waals surface area contributed by atoms with Gasteiger partial charge in [0.25, 0.3) is 12.0 Å². The fourth-order valence-electron chi connectivity index (χ4n) is 5.68. The molecule has 15 heteroatoms. The molecule has 47 heavy (non-hydrogen) atoms. The Morgan fingerprint density at radius 3 is 2.57 bits per heavy atom. The molecule has 1 fully saturated rings. The predicted octanol–water partition coefficient (Wildman–Crippen LogP) is 4.62. The highest BCUT2D eigenvalue weighted by Gasteiger charge is 2.33. The number of likely N-dealkylation sites (tertiary alicyclic amines) is 1. The number of piperidine rings is 1. The molecule has 6 rings (SSSR count). The number of ether oxygens (including phenoxy) is 1. The lowest BCUT2D eigenvalue weighted by atomic mass is 9.91. The Labute approximate surface area is 272 Å². The number of benzene rings is 2. The van der Waals surface area contributed by atoms with Gasteiger partial charge in [-0.15, -0.1) is 0 Å². The summed E-state index contributed by atoms with van der Waals surface area (Å²) >= 11 is 6.57. The number of halogens is 3. The van der Waals surface area contributed by atoms with Crippen molar-refractivity contribution in [3.05, 3.63) is 87.9 Å². The van der Waals surface area contributed by atoms with Gasteiger partial charge in [-0.3, -0.25) is 18.9 Å². The van der Waals surface area contributed by atoms with Crippen LogP contribution >= 0.6 is 11.6 Å². The number of aromatic nitrogens is 5. The van der Waals surface area contributed by atoms with E-state index in [1.165, 1.54) is 17.3 Å². The lowest BCUT2D eigenvalue weighted by Crippen LogP contribution is -2.47. The molecule has 1 aliphatic rings. The van der Waals surface area contributed by atoms with E-state index in [0.29, 0.717) is 60.0 Å². The number of hydrogen-bond acceptors (Lipinski definition) is 9. The second kappa shape index (κ2) is 13.6. The number of amides is 1. The van der Waals surface area contributed by atoms with Crippen LogP contribution in [0.5, 0.6) is 0 Å². The molecule has 5 aromatic rings. The van der Waals surface area contributed by atoms with Gasteiger partial charge in [0, 0.05) is 42.8 Å². The lowest BCUT2D eigenvalue weighted by Gasteiger charge is -2.38. The number of alkyl halides is 2. The number of carbonyl (C=O) groups is 1. The van der Waals surface area contributed by atoms with Crippen LogP contribution in [0.1, 0.15) is 24.0 Å². The maximum Gasteiger partial charge on any atom is 0.407 e. The van der Waals surface area contributed by atoms with Crippen LogP contribution in [0.3, 0.4) is 0 Å². The number of alkyl carbamates (subject to hydrolysis) is 1. The number of oxazole rings is 1. The van der Waals surface area contributed by atoms with Crippen molar-refractivity contribution in [1.82, 2.24) is 34.5 Å². The third kappa shape index (κ3) is 7.34. The highest BCUT2D eigenvalue weighted by atomic mass is 35.5. The molecule has 4 heterocycles. The Morgan fingerprint density at radius 1 is 1.15 bits per heavy atom. The number of aryl methyl sites for hydroxylation is 1. The number of aliphatic hydroxyl groups is 1. The zero-order valence-corrected chi connectivity index (χ0v) is 26.2. The first-order valence-corrected chi connectivity index (χ1v) is 15.3. The van der Waals surface area contributed by atoms with E-state index in [0.717, 1.165) is 16.7 Å². The third-order valence-corrected chi connectivity index (χ3v) is 8.58. The van der Waals surface area contributed by atoms with E-state index in [1.54, 1.807) is 42.2 Å². The van der Waals surface area contributed by atoms with E-state index < -0.39 is 24.7 Å². The van der Waals surface area contributed by atoms with Gasteiger partial charge in [0.1, 0.15) is 12.1 Å². The molecule has 1 saturated heterocycles. The van der Waals surface area contributed by atoms with Crippen molar-refractivity contribution in [2.45, 2.75) is 44.6 Å². The molecule has 0 saturated carbocycles. The molecule has 0 spiro atoms. The number of fused-ring (bicyclic) bond motifs is 1. The number of nitrogens with one attached hydrogen (secondary N) is 1. The second-order valence-electron chi connectivity index (χ2n) is 11.6. The fourth-order valence-corrected chi connectivity index (χ4v) is 5.92. The minimum Gasteiger partial charge on any atom is -0.445 e. The molecule has 0 radical (unpaired) electrons. The summed E-state index contributed by atoms with van der Waals surface area (Å²) in [5.74, 6) is 0.643. The van der Waals surface area contributed by atoms with Crippen molar-refractivity contribution in [1.29, 1.82) is 0 Å². The van der Waals surface area contributed by atoms with Crippen LogP contribution in [0.4, 0.5) is 13.6 Å². The van der Waals surface area contributed by atoms with Crippen molar-refractivity contribution in [2.24, 2.45) is 7.05 Å². The molecule has 1 aliphatic heterocycles. The number of hydrogen-bond donors (Lipinski definition) is 2. The first-order chi connectivity index (χ1) is 22.6. The molecule has 246 valence electrons. The van der Waals surface area contributed by atoms with Crippen LogP contribution in [0, 0.1) is 0 Å². The standard InChI is InChI=1S/C32H32ClF2N7O5/c1-40-29(21-4-2-20(3-5-21)16-46-31(44)37-14-26(34)35)27-28(39-40)30(43)42(18-38-27)17-32(45)8-10-41(11-9-32)15-23-7-6-22(12-24(23)33)25-13-36-19-47-25/h2-7,12-13,18-19,26,45H,8-11,14-17H2,1H3,(H,37,44). The van der Waals surface area contributed by atoms with E-state index in [-0.39, 0.29) is 24.2 Å². The maximum atomic E-state index is 13.5. The summed E-state index contributed by atoms with van der Waals surface area (Å²) in [6.07, 6.45) is 1.78. The quantitative estimate of drug-likeness (QED) is 0.218. The van der Waals surface area contributed by atoms with Crippen LogP contribution in [0.2, 0.25) is 5.02 Å². The van der Waals surface area contributed by atoms with Gasteiger partial charge in [-0.2, -0.15) is 5.10 Å². The van der Waals surface area contributed by atoms with Crippen LogP contribution in [-0.2, 0) is 31.5 Å². The summed E-state index contributed by atoms with van der Waals surface area (Å²) in [5.41, 5.74) is 2.94. The van der Waals surface area contributed by atoms with Crippen LogP contribution < -0.4 is 10.9 Å². The number of rotatable bonds is 10. The van der Waals surface area contributed by atoms with Crippen LogP contribution in [0.15, 0.2) is 70.6 Å². The predicted molar refractivity (Wildman–Crippen MR) is 169 cm³/mol. The molecule has 0 atom stereocenters. The van der Waals surface area contributed by atoms with Crippen molar-refractivity contribution < 1.29 is 27.8 Å². The zero-order valence-electron chi connectivity index (χ0n) is 25.4. The normalized spacial score (nSPS) is 14.9. The van der Waals surface area contributed by atoms with Gasteiger partial charge < -0.3 is 19.6 Å². The van der Waals surface area contributed by atoms with E-state index in [9.17, 15) is 23.5 Å². The van der Waals surface area contributed by atoms with Crippen molar-refractivity contribution in [3.8, 4) is 22.6 Å². The van der Waals surface area contributed by atoms with Crippen molar-refractivity contribution >= 4 is 28.7 Å². The molecule has 2 aromatic carbocycles. The Morgan fingerprint density at radius 2 is 1.89 bits per heavy atom. The zero-order chi connectivity index (χ0) is 33.1. The van der Waals surface area contributed by atoms with Gasteiger partial charge in [0.05, 0.1) is 36.9 Å². The van der Waals surface area contributed by atoms with Crippen LogP contribution in [0.25, 0.3) is 33.6 Å². The molecule has 0 unspecified atom stereocenters. The maximum absolute atomic E-state index is 13.5. The van der Waals surface area contributed by atoms with E-state index >= 15 is 0 Å². The summed E-state index contributed by atoms with van der Waals surface area (Å²) in [6, 6.07) is 12.7. The third-order valence-electron chi connectivity index (χ3n) is 8.23. The highest BCUT2D eigenvalue weighted by molar-refractivity contribution is 6.31. The lowest BCUT2D eigenvalue weighted by molar-refractivity contribution is -0.0364. The van der Waals surface area contributed by atoms with Gasteiger partial charge in [0.15, 0.2) is 17.7 Å². The van der Waals surface area contributed by atoms with Gasteiger partial charge >= 0.3 is 6.09 Å². The van der Waals surface area contributed by atoms with Gasteiger partial charge in [0.2, 0.25) is 0 Å². The molecule has 1 amide bonds. The van der Waals surface area contributed by atoms with Crippen molar-refractivity contribution in [3.63, 3.8) is 0 Å². The van der Waals surface area contributed by atoms with E-state index in [1.807, 2.05) is 23.5 Å². The summed E-state index contributed by atoms with van der Waals surface area (Å²) < 4.78 is 37.8. The number of nitrogens with zero attached hydrogens (tertiary/aromatic N) is 6. The van der Waals surface area contributed by atoms with Gasteiger partial charge in [-0.05, 0) is 30.0 Å². The topological polar surface area (TPSA) is 141 Å². The fraction of sp³-hybridized carbons (Fsp3) is 0.344. The Hall–Kier alpha value is -4.66. The number of carbonyl (C=O) groups excluding carboxylic acids is 1. The molecule has 3 aromatic heterocycles. The Balaban J connectivity index is 1.09. The largest absolute Gasteiger partial charge is 0.445 e. The smallest absolute Gasteiger partial charge is 0.407 e. The average Bonchev–Trinajstić information content (AvgIpc) is 3.71. The molecule has 0 aliphatic carbocycles. The summed E-state index contributed by atoms with van der Waals surface area (Å²) in [7, 11) is 1.71. The minimum atomic E-state index is -2.66. The second-order valence-corrected chi connectivity index (χ2v) is 12.0. The minimum absolute atomic E-state index is 0.0841. The monoisotopic (exact) mass is 667 g/mol. The average molecular weight is 668 g/mol. The molecule has 2 N–H and O–H groups in total. The first kappa shape index (κ1) is 32.3. The molecular weight excluding hydrogens is 636 g/mol. The van der Waals surface area contributed by atoms with Crippen molar-refractivity contribution in [2.75, 3.05) is 19.6 Å². The van der Waals surface area contributed by atoms with Crippen LogP contribution in [-0.4, -0.2) is 72.1 Å². The van der Waals surface area contributed by atoms with Gasteiger partial charge in [-0.25, -0.2) is 23.5 Å². The summed E-state index contributed by atoms with van der Waals surface area (Å²) in [6.45, 7) is 1.07.